The van der Waals surface area contributed by atoms with Crippen LogP contribution in [0.1, 0.15) is 27.0 Å². The maximum atomic E-state index is 13.2. The first-order valence-corrected chi connectivity index (χ1v) is 12.9. The lowest BCUT2D eigenvalue weighted by molar-refractivity contribution is 0.0746. The first-order valence-electron chi connectivity index (χ1n) is 12.9. The highest BCUT2D eigenvalue weighted by molar-refractivity contribution is 5.94. The van der Waals surface area contributed by atoms with Gasteiger partial charge in [0.05, 0.1) is 31.7 Å². The number of aryl methyl sites for hydroxylation is 2. The van der Waals surface area contributed by atoms with Gasteiger partial charge in [-0.05, 0) is 54.8 Å². The number of hydrogen-bond donors (Lipinski definition) is 1. The van der Waals surface area contributed by atoms with Crippen molar-refractivity contribution in [3.63, 3.8) is 0 Å². The third-order valence-electron chi connectivity index (χ3n) is 7.30. The van der Waals surface area contributed by atoms with Crippen molar-refractivity contribution in [2.24, 2.45) is 0 Å². The molecule has 1 fully saturated rings. The van der Waals surface area contributed by atoms with E-state index in [9.17, 15) is 14.4 Å². The SMILES string of the molecule is COc1cc2[nH]c(=O)n(Cc3ccc(C(=O)N4CCN(c5cc(C)ccc5C)CC4)cc3)c(=O)c2cc1OC. The van der Waals surface area contributed by atoms with Crippen LogP contribution in [0.15, 0.2) is 64.2 Å². The van der Waals surface area contributed by atoms with Gasteiger partial charge in [-0.2, -0.15) is 0 Å². The van der Waals surface area contributed by atoms with Gasteiger partial charge in [-0.1, -0.05) is 24.3 Å². The van der Waals surface area contributed by atoms with E-state index in [1.165, 1.54) is 31.0 Å². The minimum absolute atomic E-state index is 0.0241. The number of nitrogens with zero attached hydrogens (tertiary/aromatic N) is 3. The average Bonchev–Trinajstić information content (AvgIpc) is 2.96. The molecule has 0 unspecified atom stereocenters. The van der Waals surface area contributed by atoms with Gasteiger partial charge in [0, 0.05) is 43.5 Å². The molecule has 5 rings (SSSR count). The summed E-state index contributed by atoms with van der Waals surface area (Å²) in [6, 6.07) is 16.7. The van der Waals surface area contributed by atoms with Crippen molar-refractivity contribution in [2.45, 2.75) is 20.4 Å². The van der Waals surface area contributed by atoms with Crippen LogP contribution < -0.4 is 25.6 Å². The highest BCUT2D eigenvalue weighted by Gasteiger charge is 2.23. The third-order valence-corrected chi connectivity index (χ3v) is 7.30. The van der Waals surface area contributed by atoms with Crippen molar-refractivity contribution in [1.82, 2.24) is 14.5 Å². The molecule has 0 radical (unpaired) electrons. The highest BCUT2D eigenvalue weighted by Crippen LogP contribution is 2.29. The summed E-state index contributed by atoms with van der Waals surface area (Å²) in [5, 5.41) is 0.319. The van der Waals surface area contributed by atoms with E-state index in [0.29, 0.717) is 41.1 Å². The summed E-state index contributed by atoms with van der Waals surface area (Å²) in [6.45, 7) is 7.11. The number of H-pyrrole nitrogens is 1. The Labute approximate surface area is 226 Å². The van der Waals surface area contributed by atoms with Gasteiger partial charge in [-0.15, -0.1) is 0 Å². The fraction of sp³-hybridized carbons (Fsp3) is 0.300. The monoisotopic (exact) mass is 528 g/mol. The zero-order valence-electron chi connectivity index (χ0n) is 22.6. The zero-order chi connectivity index (χ0) is 27.7. The Kier molecular flexibility index (Phi) is 7.15. The summed E-state index contributed by atoms with van der Waals surface area (Å²) in [6.07, 6.45) is 0. The standard InChI is InChI=1S/C30H32N4O5/c1-19-5-6-20(2)25(15-19)32-11-13-33(14-12-32)28(35)22-9-7-21(8-10-22)18-34-29(36)23-16-26(38-3)27(39-4)17-24(23)31-30(34)37/h5-10,15-17H,11-14,18H2,1-4H3,(H,31,37). The van der Waals surface area contributed by atoms with Crippen LogP contribution in [0.2, 0.25) is 0 Å². The third kappa shape index (κ3) is 5.12. The van der Waals surface area contributed by atoms with Crippen LogP contribution in [-0.2, 0) is 6.54 Å². The van der Waals surface area contributed by atoms with Crippen LogP contribution in [0.5, 0.6) is 11.5 Å². The minimum Gasteiger partial charge on any atom is -0.493 e. The summed E-state index contributed by atoms with van der Waals surface area (Å²) in [5.41, 5.74) is 4.41. The summed E-state index contributed by atoms with van der Waals surface area (Å²) in [4.78, 5) is 46.0. The quantitative estimate of drug-likeness (QED) is 0.412. The Bertz CT molecular complexity index is 1650. The number of aromatic amines is 1. The molecule has 0 saturated carbocycles. The second-order valence-corrected chi connectivity index (χ2v) is 9.84. The smallest absolute Gasteiger partial charge is 0.329 e. The molecule has 9 heteroatoms. The molecule has 1 saturated heterocycles. The number of piperazine rings is 1. The Hall–Kier alpha value is -4.53. The van der Waals surface area contributed by atoms with Crippen molar-refractivity contribution >= 4 is 22.5 Å². The van der Waals surface area contributed by atoms with E-state index in [1.807, 2.05) is 4.90 Å². The molecule has 0 atom stereocenters. The number of hydrogen-bond acceptors (Lipinski definition) is 6. The molecule has 1 amide bonds. The second-order valence-electron chi connectivity index (χ2n) is 9.84. The second kappa shape index (κ2) is 10.7. The Morgan fingerprint density at radius 2 is 1.54 bits per heavy atom. The van der Waals surface area contributed by atoms with E-state index in [2.05, 4.69) is 41.9 Å². The molecular formula is C30H32N4O5. The van der Waals surface area contributed by atoms with Crippen LogP contribution in [-0.4, -0.2) is 60.8 Å². The number of carbonyl (C=O) groups excluding carboxylic acids is 1. The molecular weight excluding hydrogens is 496 g/mol. The zero-order valence-corrected chi connectivity index (χ0v) is 22.6. The van der Waals surface area contributed by atoms with Gasteiger partial charge in [0.15, 0.2) is 11.5 Å². The van der Waals surface area contributed by atoms with Crippen molar-refractivity contribution in [2.75, 3.05) is 45.3 Å². The van der Waals surface area contributed by atoms with E-state index in [-0.39, 0.29) is 12.5 Å². The van der Waals surface area contributed by atoms with Gasteiger partial charge in [-0.25, -0.2) is 4.79 Å². The molecule has 2 heterocycles. The summed E-state index contributed by atoms with van der Waals surface area (Å²) >= 11 is 0. The van der Waals surface area contributed by atoms with Crippen molar-refractivity contribution < 1.29 is 14.3 Å². The number of ether oxygens (including phenoxy) is 2. The Balaban J connectivity index is 1.30. The molecule has 1 N–H and O–H groups in total. The lowest BCUT2D eigenvalue weighted by Gasteiger charge is -2.37. The van der Waals surface area contributed by atoms with Crippen molar-refractivity contribution in [3.8, 4) is 11.5 Å². The molecule has 1 aliphatic rings. The van der Waals surface area contributed by atoms with Crippen molar-refractivity contribution in [1.29, 1.82) is 0 Å². The minimum atomic E-state index is -0.526. The molecule has 1 aromatic heterocycles. The fourth-order valence-electron chi connectivity index (χ4n) is 5.05. The van der Waals surface area contributed by atoms with Gasteiger partial charge >= 0.3 is 5.69 Å². The Morgan fingerprint density at radius 1 is 0.872 bits per heavy atom. The van der Waals surface area contributed by atoms with E-state index >= 15 is 0 Å². The molecule has 4 aromatic rings. The van der Waals surface area contributed by atoms with E-state index in [1.54, 1.807) is 36.4 Å². The van der Waals surface area contributed by atoms with Crippen LogP contribution >= 0.6 is 0 Å². The summed E-state index contributed by atoms with van der Waals surface area (Å²) in [7, 11) is 2.98. The number of anilines is 1. The topological polar surface area (TPSA) is 96.9 Å². The van der Waals surface area contributed by atoms with Gasteiger partial charge in [0.25, 0.3) is 11.5 Å². The van der Waals surface area contributed by atoms with Crippen molar-refractivity contribution in [3.05, 3.63) is 97.7 Å². The normalized spacial score (nSPS) is 13.5. The fourth-order valence-corrected chi connectivity index (χ4v) is 5.05. The van der Waals surface area contributed by atoms with Gasteiger partial charge in [-0.3, -0.25) is 14.2 Å². The highest BCUT2D eigenvalue weighted by atomic mass is 16.5. The van der Waals surface area contributed by atoms with E-state index in [4.69, 9.17) is 9.47 Å². The number of rotatable bonds is 6. The lowest BCUT2D eigenvalue weighted by Crippen LogP contribution is -2.49. The number of fused-ring (bicyclic) bond motifs is 1. The number of nitrogens with one attached hydrogen (secondary N) is 1. The number of aromatic nitrogens is 2. The number of amides is 1. The molecule has 202 valence electrons. The molecule has 9 nitrogen and oxygen atoms in total. The largest absolute Gasteiger partial charge is 0.493 e. The predicted molar refractivity (Wildman–Crippen MR) is 152 cm³/mol. The molecule has 0 aliphatic carbocycles. The molecule has 3 aromatic carbocycles. The van der Waals surface area contributed by atoms with Crippen LogP contribution in [0.4, 0.5) is 5.69 Å². The molecule has 0 bridgehead atoms. The summed E-state index contributed by atoms with van der Waals surface area (Å²) < 4.78 is 11.7. The van der Waals surface area contributed by atoms with Gasteiger partial charge < -0.3 is 24.3 Å². The van der Waals surface area contributed by atoms with Gasteiger partial charge in [0.1, 0.15) is 0 Å². The molecule has 39 heavy (non-hydrogen) atoms. The Morgan fingerprint density at radius 3 is 2.21 bits per heavy atom. The number of methoxy groups -OCH3 is 2. The van der Waals surface area contributed by atoms with Crippen LogP contribution in [0, 0.1) is 13.8 Å². The molecule has 1 aliphatic heterocycles. The van der Waals surface area contributed by atoms with Crippen LogP contribution in [0.25, 0.3) is 10.9 Å². The van der Waals surface area contributed by atoms with Crippen LogP contribution in [0.3, 0.4) is 0 Å². The van der Waals surface area contributed by atoms with E-state index in [0.717, 1.165) is 23.2 Å². The maximum Gasteiger partial charge on any atom is 0.329 e. The lowest BCUT2D eigenvalue weighted by atomic mass is 10.1. The predicted octanol–water partition coefficient (Wildman–Crippen LogP) is 3.33. The summed E-state index contributed by atoms with van der Waals surface area (Å²) in [5.74, 6) is 0.798. The molecule has 0 spiro atoms. The first-order chi connectivity index (χ1) is 18.8. The number of carbonyl (C=O) groups is 1. The van der Waals surface area contributed by atoms with Gasteiger partial charge in [0.2, 0.25) is 0 Å². The average molecular weight is 529 g/mol. The first kappa shape index (κ1) is 26.1. The maximum absolute atomic E-state index is 13.2. The number of benzene rings is 3. The van der Waals surface area contributed by atoms with E-state index < -0.39 is 11.2 Å².